The number of hydrogen-bond acceptors (Lipinski definition) is 9. The van der Waals surface area contributed by atoms with Gasteiger partial charge in [-0.25, -0.2) is 0 Å². The minimum absolute atomic E-state index is 0.0146. The average molecular weight is 376 g/mol. The highest BCUT2D eigenvalue weighted by Gasteiger charge is 2.12. The number of aliphatic hydroxyl groups is 1. The lowest BCUT2D eigenvalue weighted by atomic mass is 10.2. The fraction of sp³-hybridized carbons (Fsp3) is 1.00. The van der Waals surface area contributed by atoms with Crippen molar-refractivity contribution in [1.82, 2.24) is 0 Å². The van der Waals surface area contributed by atoms with Crippen molar-refractivity contribution in [3.05, 3.63) is 0 Å². The van der Waals surface area contributed by atoms with E-state index in [1.807, 2.05) is 0 Å². The molecule has 23 heavy (non-hydrogen) atoms. The van der Waals surface area contributed by atoms with E-state index in [0.717, 1.165) is 12.8 Å². The zero-order valence-corrected chi connectivity index (χ0v) is 15.3. The summed E-state index contributed by atoms with van der Waals surface area (Å²) in [4.78, 5) is 22.6. The van der Waals surface area contributed by atoms with Crippen LogP contribution in [0.5, 0.6) is 0 Å². The second-order valence-corrected chi connectivity index (χ2v) is 7.81. The highest BCUT2D eigenvalue weighted by Crippen LogP contribution is 2.41. The van der Waals surface area contributed by atoms with E-state index in [9.17, 15) is 18.9 Å². The van der Waals surface area contributed by atoms with Gasteiger partial charge in [0.2, 0.25) is 0 Å². The first-order valence-electron chi connectivity index (χ1n) is 7.53. The highest BCUT2D eigenvalue weighted by atomic mass is 31.2. The van der Waals surface area contributed by atoms with E-state index in [0.29, 0.717) is 12.8 Å². The largest absolute Gasteiger partial charge is 0.756 e. The molecule has 0 aliphatic heterocycles. The van der Waals surface area contributed by atoms with Gasteiger partial charge in [0.05, 0.1) is 25.9 Å². The summed E-state index contributed by atoms with van der Waals surface area (Å²) >= 11 is 0. The molecule has 0 saturated carbocycles. The summed E-state index contributed by atoms with van der Waals surface area (Å²) in [6.45, 7) is 2.74. The van der Waals surface area contributed by atoms with E-state index in [4.69, 9.17) is 5.11 Å². The quantitative estimate of drug-likeness (QED) is 0.331. The Hall–Kier alpha value is 0.180. The van der Waals surface area contributed by atoms with Gasteiger partial charge >= 0.3 is 0 Å². The van der Waals surface area contributed by atoms with Gasteiger partial charge in [-0.15, -0.1) is 0 Å². The predicted octanol–water partition coefficient (Wildman–Crippen LogP) is 1.34. The molecule has 0 aliphatic carbocycles. The first kappa shape index (κ1) is 23.2. The molecule has 0 aliphatic rings. The molecule has 0 aromatic rings. The zero-order valence-electron chi connectivity index (χ0n) is 13.5. The van der Waals surface area contributed by atoms with Crippen molar-refractivity contribution in [2.24, 2.45) is 0 Å². The van der Waals surface area contributed by atoms with Crippen LogP contribution in [0.2, 0.25) is 0 Å². The molecule has 0 aromatic carbocycles. The molecule has 11 heteroatoms. The van der Waals surface area contributed by atoms with Crippen molar-refractivity contribution in [2.75, 3.05) is 26.4 Å². The molecule has 0 spiro atoms. The number of phosphoric ester groups is 2. The van der Waals surface area contributed by atoms with Crippen LogP contribution in [-0.2, 0) is 27.2 Å². The van der Waals surface area contributed by atoms with Crippen LogP contribution in [0.15, 0.2) is 0 Å². The molecule has 9 nitrogen and oxygen atoms in total. The molecule has 1 N–H and O–H groups in total. The Bertz CT molecular complexity index is 389. The third kappa shape index (κ3) is 15.4. The minimum atomic E-state index is -4.38. The van der Waals surface area contributed by atoms with Crippen LogP contribution in [0, 0.1) is 0 Å². The molecule has 140 valence electrons. The first-order valence-corrected chi connectivity index (χ1v) is 10.5. The molecule has 2 atom stereocenters. The van der Waals surface area contributed by atoms with Crippen molar-refractivity contribution in [1.29, 1.82) is 0 Å². The summed E-state index contributed by atoms with van der Waals surface area (Å²) in [6, 6.07) is 0. The zero-order chi connectivity index (χ0) is 17.8. The van der Waals surface area contributed by atoms with Gasteiger partial charge in [-0.2, -0.15) is 0 Å². The Morgan fingerprint density at radius 1 is 0.826 bits per heavy atom. The van der Waals surface area contributed by atoms with E-state index >= 15 is 0 Å². The van der Waals surface area contributed by atoms with Crippen molar-refractivity contribution < 1.29 is 42.1 Å². The van der Waals surface area contributed by atoms with Crippen molar-refractivity contribution in [3.63, 3.8) is 0 Å². The predicted molar refractivity (Wildman–Crippen MR) is 79.5 cm³/mol. The second kappa shape index (κ2) is 12.5. The van der Waals surface area contributed by atoms with Gasteiger partial charge in [0.15, 0.2) is 0 Å². The number of phosphoric acid groups is 2. The minimum Gasteiger partial charge on any atom is -0.756 e. The summed E-state index contributed by atoms with van der Waals surface area (Å²) in [6.07, 6.45) is 2.31. The number of rotatable bonds is 15. The molecule has 0 radical (unpaired) electrons. The highest BCUT2D eigenvalue weighted by molar-refractivity contribution is 7.46. The van der Waals surface area contributed by atoms with Gasteiger partial charge in [0, 0.05) is 6.61 Å². The molecule has 0 fully saturated rings. The van der Waals surface area contributed by atoms with Crippen LogP contribution in [-0.4, -0.2) is 37.6 Å². The third-order valence-electron chi connectivity index (χ3n) is 2.43. The molecule has 0 aromatic heterocycles. The summed E-state index contributed by atoms with van der Waals surface area (Å²) in [5, 5.41) is 8.58. The summed E-state index contributed by atoms with van der Waals surface area (Å²) in [5.74, 6) is 0. The van der Waals surface area contributed by atoms with Gasteiger partial charge in [-0.1, -0.05) is 12.8 Å². The van der Waals surface area contributed by atoms with Gasteiger partial charge in [0.25, 0.3) is 15.6 Å². The smallest absolute Gasteiger partial charge is 0.268 e. The monoisotopic (exact) mass is 376 g/mol. The van der Waals surface area contributed by atoms with Gasteiger partial charge in [-0.3, -0.25) is 9.13 Å². The maximum Gasteiger partial charge on any atom is 0.268 e. The van der Waals surface area contributed by atoms with Crippen molar-refractivity contribution >= 4 is 15.6 Å². The number of aliphatic hydroxyl groups excluding tert-OH is 1. The van der Waals surface area contributed by atoms with E-state index < -0.39 is 21.7 Å². The summed E-state index contributed by atoms with van der Waals surface area (Å²) in [5.41, 5.74) is 0. The standard InChI is InChI=1S/C12H28O9P2/c1-12(2)21-23(16,17)20-11-7-10-19-22(14,15)18-9-6-4-3-5-8-13/h12-13H,3-11H2,1-2H3,(H,14,15)(H,16,17)/p-2. The van der Waals surface area contributed by atoms with Crippen LogP contribution >= 0.6 is 15.6 Å². The molecule has 0 heterocycles. The summed E-state index contributed by atoms with van der Waals surface area (Å²) < 4.78 is 40.9. The fourth-order valence-electron chi connectivity index (χ4n) is 1.48. The maximum absolute atomic E-state index is 11.4. The average Bonchev–Trinajstić information content (AvgIpc) is 2.40. The Morgan fingerprint density at radius 2 is 1.30 bits per heavy atom. The van der Waals surface area contributed by atoms with Gasteiger partial charge in [-0.05, 0) is 33.1 Å². The lowest BCUT2D eigenvalue weighted by Gasteiger charge is -2.25. The van der Waals surface area contributed by atoms with Crippen molar-refractivity contribution in [3.8, 4) is 0 Å². The Morgan fingerprint density at radius 3 is 1.83 bits per heavy atom. The molecule has 0 amide bonds. The van der Waals surface area contributed by atoms with Crippen LogP contribution in [0.25, 0.3) is 0 Å². The van der Waals surface area contributed by atoms with Crippen molar-refractivity contribution in [2.45, 2.75) is 52.1 Å². The fourth-order valence-corrected chi connectivity index (χ4v) is 3.19. The lowest BCUT2D eigenvalue weighted by molar-refractivity contribution is -0.228. The van der Waals surface area contributed by atoms with E-state index in [-0.39, 0.29) is 32.8 Å². The molecule has 0 rings (SSSR count). The second-order valence-electron chi connectivity index (χ2n) is 5.04. The molecular formula is C12H26O9P2-2. The lowest BCUT2D eigenvalue weighted by Crippen LogP contribution is -2.14. The Balaban J connectivity index is 3.69. The molecule has 0 saturated heterocycles. The van der Waals surface area contributed by atoms with Crippen LogP contribution in [0.3, 0.4) is 0 Å². The first-order chi connectivity index (χ1) is 10.7. The van der Waals surface area contributed by atoms with E-state index in [1.54, 1.807) is 13.8 Å². The molecular weight excluding hydrogens is 350 g/mol. The third-order valence-corrected chi connectivity index (χ3v) is 4.61. The van der Waals surface area contributed by atoms with E-state index in [2.05, 4.69) is 18.1 Å². The van der Waals surface area contributed by atoms with Gasteiger partial charge < -0.3 is 33.0 Å². The molecule has 0 bridgehead atoms. The van der Waals surface area contributed by atoms with Crippen LogP contribution in [0.4, 0.5) is 0 Å². The van der Waals surface area contributed by atoms with Gasteiger partial charge in [0.1, 0.15) is 0 Å². The van der Waals surface area contributed by atoms with E-state index in [1.165, 1.54) is 0 Å². The van der Waals surface area contributed by atoms with Crippen LogP contribution in [0.1, 0.15) is 46.0 Å². The Labute approximate surface area is 137 Å². The SMILES string of the molecule is CC(C)OP(=O)([O-])OCCCOP(=O)([O-])OCCCCCCO. The Kier molecular flexibility index (Phi) is 12.6. The maximum atomic E-state index is 11.4. The normalized spacial score (nSPS) is 17.1. The number of unbranched alkanes of at least 4 members (excludes halogenated alkanes) is 3. The topological polar surface area (TPSA) is 137 Å². The molecule has 2 unspecified atom stereocenters. The summed E-state index contributed by atoms with van der Waals surface area (Å²) in [7, 11) is -8.75. The number of hydrogen-bond donors (Lipinski definition) is 1. The van der Waals surface area contributed by atoms with Crippen LogP contribution < -0.4 is 9.79 Å².